The van der Waals surface area contributed by atoms with Crippen LogP contribution in [-0.2, 0) is 0 Å². The number of rotatable bonds is 6. The molecule has 1 aromatic heterocycles. The summed E-state index contributed by atoms with van der Waals surface area (Å²) in [5, 5.41) is 17.3. The van der Waals surface area contributed by atoms with Crippen LogP contribution in [0, 0.1) is 10.1 Å². The zero-order valence-corrected chi connectivity index (χ0v) is 13.9. The average Bonchev–Trinajstić information content (AvgIpc) is 3.11. The molecule has 0 atom stereocenters. The van der Waals surface area contributed by atoms with Crippen LogP contribution >= 0.6 is 11.3 Å². The van der Waals surface area contributed by atoms with Gasteiger partial charge in [0, 0.05) is 29.3 Å². The smallest absolute Gasteiger partial charge is 0.258 e. The van der Waals surface area contributed by atoms with Crippen LogP contribution in [0.4, 0.5) is 10.8 Å². The summed E-state index contributed by atoms with van der Waals surface area (Å²) in [6.07, 6.45) is 5.45. The first kappa shape index (κ1) is 16.5. The zero-order chi connectivity index (χ0) is 17.5. The number of hydrogen-bond donors (Lipinski definition) is 1. The Morgan fingerprint density at radius 1 is 1.12 bits per heavy atom. The molecule has 0 saturated carbocycles. The third-order valence-corrected chi connectivity index (χ3v) is 4.03. The fraction of sp³-hybridized carbons (Fsp3) is 0. The van der Waals surface area contributed by atoms with Crippen LogP contribution in [0.2, 0.25) is 0 Å². The van der Waals surface area contributed by atoms with Gasteiger partial charge in [0.1, 0.15) is 0 Å². The number of allylic oxidation sites excluding steroid dienone is 1. The van der Waals surface area contributed by atoms with Crippen LogP contribution in [0.25, 0.3) is 17.3 Å². The fourth-order valence-electron chi connectivity index (χ4n) is 2.07. The predicted octanol–water partition coefficient (Wildman–Crippen LogP) is 4.83. The van der Waals surface area contributed by atoms with Gasteiger partial charge in [-0.25, -0.2) is 4.98 Å². The van der Waals surface area contributed by atoms with Gasteiger partial charge in [0.25, 0.3) is 5.69 Å². The summed E-state index contributed by atoms with van der Waals surface area (Å²) < 4.78 is 0. The second kappa shape index (κ2) is 7.98. The number of aromatic nitrogens is 1. The topological polar surface area (TPSA) is 80.4 Å². The van der Waals surface area contributed by atoms with E-state index in [0.717, 1.165) is 16.8 Å². The van der Waals surface area contributed by atoms with Crippen LogP contribution in [0.3, 0.4) is 0 Å². The second-order valence-corrected chi connectivity index (χ2v) is 5.86. The summed E-state index contributed by atoms with van der Waals surface area (Å²) in [6, 6.07) is 16.2. The molecule has 0 spiro atoms. The van der Waals surface area contributed by atoms with Gasteiger partial charge in [-0.3, -0.25) is 15.5 Å². The summed E-state index contributed by atoms with van der Waals surface area (Å²) in [5.41, 5.74) is 5.60. The predicted molar refractivity (Wildman–Crippen MR) is 102 cm³/mol. The molecule has 6 nitrogen and oxygen atoms in total. The molecule has 0 fully saturated rings. The summed E-state index contributed by atoms with van der Waals surface area (Å²) in [4.78, 5) is 14.7. The minimum absolute atomic E-state index is 0.0622. The van der Waals surface area contributed by atoms with Crippen molar-refractivity contribution in [2.45, 2.75) is 0 Å². The van der Waals surface area contributed by atoms with E-state index in [-0.39, 0.29) is 5.69 Å². The number of nitrogens with zero attached hydrogens (tertiary/aromatic N) is 3. The number of non-ortho nitro benzene ring substituents is 1. The lowest BCUT2D eigenvalue weighted by Gasteiger charge is -1.96. The molecule has 0 amide bonds. The molecule has 25 heavy (non-hydrogen) atoms. The largest absolute Gasteiger partial charge is 0.269 e. The molecule has 1 heterocycles. The molecule has 0 unspecified atom stereocenters. The van der Waals surface area contributed by atoms with Gasteiger partial charge < -0.3 is 0 Å². The third kappa shape index (κ3) is 4.58. The molecule has 3 rings (SSSR count). The van der Waals surface area contributed by atoms with Crippen LogP contribution in [0.1, 0.15) is 5.56 Å². The van der Waals surface area contributed by atoms with Crippen molar-refractivity contribution in [1.29, 1.82) is 0 Å². The van der Waals surface area contributed by atoms with Gasteiger partial charge >= 0.3 is 0 Å². The summed E-state index contributed by atoms with van der Waals surface area (Å²) in [7, 11) is 0. The number of nitro groups is 1. The minimum atomic E-state index is -0.421. The van der Waals surface area contributed by atoms with E-state index < -0.39 is 4.92 Å². The highest BCUT2D eigenvalue weighted by molar-refractivity contribution is 7.14. The number of hydrazone groups is 1. The van der Waals surface area contributed by atoms with Crippen molar-refractivity contribution in [3.05, 3.63) is 81.7 Å². The Hall–Kier alpha value is -3.32. The zero-order valence-electron chi connectivity index (χ0n) is 13.1. The van der Waals surface area contributed by atoms with Gasteiger partial charge in [-0.2, -0.15) is 5.10 Å². The standard InChI is InChI=1S/C18H14N4O2S/c23-22(24)16-10-8-15(9-11-16)17-13-25-18(20-17)21-19-12-4-7-14-5-2-1-3-6-14/h1-13H,(H,20,21)/b7-4+,19-12+. The maximum Gasteiger partial charge on any atom is 0.269 e. The van der Waals surface area contributed by atoms with Gasteiger partial charge in [-0.15, -0.1) is 11.3 Å². The molecule has 0 bridgehead atoms. The monoisotopic (exact) mass is 350 g/mol. The Morgan fingerprint density at radius 3 is 2.60 bits per heavy atom. The van der Waals surface area contributed by atoms with Crippen molar-refractivity contribution < 1.29 is 4.92 Å². The molecule has 0 aliphatic heterocycles. The van der Waals surface area contributed by atoms with E-state index in [2.05, 4.69) is 15.5 Å². The Kier molecular flexibility index (Phi) is 5.28. The average molecular weight is 350 g/mol. The van der Waals surface area contributed by atoms with Crippen molar-refractivity contribution in [3.63, 3.8) is 0 Å². The number of nitro benzene ring substituents is 1. The molecule has 0 radical (unpaired) electrons. The fourth-order valence-corrected chi connectivity index (χ4v) is 2.73. The van der Waals surface area contributed by atoms with Gasteiger partial charge in [0.2, 0.25) is 5.13 Å². The lowest BCUT2D eigenvalue weighted by Crippen LogP contribution is -1.89. The highest BCUT2D eigenvalue weighted by Gasteiger charge is 2.07. The van der Waals surface area contributed by atoms with Crippen LogP contribution in [-0.4, -0.2) is 16.1 Å². The number of hydrogen-bond acceptors (Lipinski definition) is 6. The first-order valence-electron chi connectivity index (χ1n) is 7.43. The molecule has 0 aliphatic rings. The Balaban J connectivity index is 1.59. The van der Waals surface area contributed by atoms with E-state index in [9.17, 15) is 10.1 Å². The number of nitrogens with one attached hydrogen (secondary N) is 1. The van der Waals surface area contributed by atoms with Crippen LogP contribution in [0.5, 0.6) is 0 Å². The summed E-state index contributed by atoms with van der Waals surface area (Å²) >= 11 is 1.42. The molecule has 0 aliphatic carbocycles. The summed E-state index contributed by atoms with van der Waals surface area (Å²) in [5.74, 6) is 0. The Bertz CT molecular complexity index is 902. The van der Waals surface area contributed by atoms with E-state index in [1.54, 1.807) is 18.3 Å². The molecule has 3 aromatic rings. The van der Waals surface area contributed by atoms with Crippen molar-refractivity contribution in [1.82, 2.24) is 4.98 Å². The normalized spacial score (nSPS) is 11.2. The van der Waals surface area contributed by atoms with Crippen molar-refractivity contribution >= 4 is 34.4 Å². The number of thiazole rings is 1. The molecular weight excluding hydrogens is 336 g/mol. The first-order chi connectivity index (χ1) is 12.2. The third-order valence-electron chi connectivity index (χ3n) is 3.29. The van der Waals surface area contributed by atoms with Gasteiger partial charge in [0.15, 0.2) is 0 Å². The van der Waals surface area contributed by atoms with Crippen molar-refractivity contribution in [3.8, 4) is 11.3 Å². The van der Waals surface area contributed by atoms with E-state index in [0.29, 0.717) is 5.13 Å². The quantitative estimate of drug-likeness (QED) is 0.392. The number of benzene rings is 2. The van der Waals surface area contributed by atoms with E-state index in [1.165, 1.54) is 23.5 Å². The van der Waals surface area contributed by atoms with Crippen molar-refractivity contribution in [2.24, 2.45) is 5.10 Å². The Labute approximate surface area is 148 Å². The molecule has 0 saturated heterocycles. The Morgan fingerprint density at radius 2 is 1.88 bits per heavy atom. The first-order valence-corrected chi connectivity index (χ1v) is 8.31. The van der Waals surface area contributed by atoms with Crippen LogP contribution < -0.4 is 5.43 Å². The molecule has 1 N–H and O–H groups in total. The maximum atomic E-state index is 10.7. The molecule has 124 valence electrons. The molecular formula is C18H14N4O2S. The van der Waals surface area contributed by atoms with Crippen molar-refractivity contribution in [2.75, 3.05) is 5.43 Å². The minimum Gasteiger partial charge on any atom is -0.258 e. The second-order valence-electron chi connectivity index (χ2n) is 5.00. The lowest BCUT2D eigenvalue weighted by atomic mass is 10.1. The highest BCUT2D eigenvalue weighted by atomic mass is 32.1. The molecule has 2 aromatic carbocycles. The maximum absolute atomic E-state index is 10.7. The molecule has 7 heteroatoms. The van der Waals surface area contributed by atoms with Crippen LogP contribution in [0.15, 0.2) is 71.2 Å². The van der Waals surface area contributed by atoms with Gasteiger partial charge in [-0.05, 0) is 23.8 Å². The van der Waals surface area contributed by atoms with E-state index >= 15 is 0 Å². The van der Waals surface area contributed by atoms with Gasteiger partial charge in [0.05, 0.1) is 10.6 Å². The van der Waals surface area contributed by atoms with E-state index in [4.69, 9.17) is 0 Å². The SMILES string of the molecule is O=[N+]([O-])c1ccc(-c2csc(N/N=C/C=C/c3ccccc3)n2)cc1. The van der Waals surface area contributed by atoms with E-state index in [1.807, 2.05) is 47.9 Å². The lowest BCUT2D eigenvalue weighted by molar-refractivity contribution is -0.384. The van der Waals surface area contributed by atoms with Gasteiger partial charge in [-0.1, -0.05) is 36.4 Å². The highest BCUT2D eigenvalue weighted by Crippen LogP contribution is 2.26. The number of anilines is 1. The summed E-state index contributed by atoms with van der Waals surface area (Å²) in [6.45, 7) is 0.